The molecule has 2 saturated carbocycles. The normalized spacial score (nSPS) is 42.3. The van der Waals surface area contributed by atoms with Gasteiger partial charge in [-0.15, -0.1) is 0 Å². The molecule has 0 aromatic rings. The zero-order valence-electron chi connectivity index (χ0n) is 15.2. The standard InChI is InChI=1S/C20H30O3/c1-13(21)23-17-8-6-7-15-19(4)12-10-16(22)18(2,3)14(19)9-11-20(15,17)5/h7,14,17H,6,8-12H2,1-5H3/t14-,17+,19-,20+/m1/s1. The highest BCUT2D eigenvalue weighted by atomic mass is 16.5. The minimum Gasteiger partial charge on any atom is -0.462 e. The van der Waals surface area contributed by atoms with Gasteiger partial charge in [-0.05, 0) is 43.4 Å². The first-order valence-corrected chi connectivity index (χ1v) is 9.04. The van der Waals surface area contributed by atoms with Crippen molar-refractivity contribution in [2.75, 3.05) is 0 Å². The van der Waals surface area contributed by atoms with E-state index in [2.05, 4.69) is 33.8 Å². The quantitative estimate of drug-likeness (QED) is 0.530. The smallest absolute Gasteiger partial charge is 0.302 e. The van der Waals surface area contributed by atoms with Crippen LogP contribution in [0.2, 0.25) is 0 Å². The number of fused-ring (bicyclic) bond motifs is 3. The lowest BCUT2D eigenvalue weighted by atomic mass is 9.43. The van der Waals surface area contributed by atoms with Crippen molar-refractivity contribution in [3.05, 3.63) is 11.6 Å². The molecule has 0 N–H and O–H groups in total. The average Bonchev–Trinajstić information content (AvgIpc) is 2.44. The average molecular weight is 318 g/mol. The van der Waals surface area contributed by atoms with Crippen molar-refractivity contribution in [2.24, 2.45) is 22.2 Å². The van der Waals surface area contributed by atoms with Crippen LogP contribution in [0.4, 0.5) is 0 Å². The van der Waals surface area contributed by atoms with Crippen LogP contribution >= 0.6 is 0 Å². The van der Waals surface area contributed by atoms with Gasteiger partial charge in [0.05, 0.1) is 0 Å². The van der Waals surface area contributed by atoms with Gasteiger partial charge in [0.1, 0.15) is 11.9 Å². The molecule has 3 rings (SSSR count). The molecule has 3 aliphatic carbocycles. The van der Waals surface area contributed by atoms with Gasteiger partial charge in [0.25, 0.3) is 0 Å². The zero-order chi connectivity index (χ0) is 17.0. The van der Waals surface area contributed by atoms with Crippen LogP contribution in [0.15, 0.2) is 11.6 Å². The predicted molar refractivity (Wildman–Crippen MR) is 89.8 cm³/mol. The second-order valence-corrected chi connectivity index (χ2v) is 8.86. The van der Waals surface area contributed by atoms with E-state index < -0.39 is 0 Å². The van der Waals surface area contributed by atoms with Gasteiger partial charge in [0.2, 0.25) is 0 Å². The molecule has 0 aliphatic heterocycles. The molecule has 0 aromatic carbocycles. The van der Waals surface area contributed by atoms with E-state index >= 15 is 0 Å². The summed E-state index contributed by atoms with van der Waals surface area (Å²) in [6.07, 6.45) is 7.94. The molecule has 128 valence electrons. The summed E-state index contributed by atoms with van der Waals surface area (Å²) in [5.74, 6) is 0.632. The molecular formula is C20H30O3. The van der Waals surface area contributed by atoms with Crippen LogP contribution < -0.4 is 0 Å². The molecule has 0 aromatic heterocycles. The van der Waals surface area contributed by atoms with E-state index in [9.17, 15) is 9.59 Å². The molecule has 0 bridgehead atoms. The van der Waals surface area contributed by atoms with Gasteiger partial charge in [-0.25, -0.2) is 0 Å². The molecule has 4 atom stereocenters. The summed E-state index contributed by atoms with van der Waals surface area (Å²) in [4.78, 5) is 24.0. The third kappa shape index (κ3) is 2.30. The maximum atomic E-state index is 12.5. The molecular weight excluding hydrogens is 288 g/mol. The lowest BCUT2D eigenvalue weighted by Gasteiger charge is -2.61. The summed E-state index contributed by atoms with van der Waals surface area (Å²) in [7, 11) is 0. The number of carbonyl (C=O) groups is 2. The molecule has 23 heavy (non-hydrogen) atoms. The SMILES string of the molecule is CC(=O)O[C@H]1CCC=C2[C@]1(C)CC[C@@H]1C(C)(C)C(=O)CC[C@@]21C. The fourth-order valence-electron chi connectivity index (χ4n) is 5.98. The van der Waals surface area contributed by atoms with E-state index in [-0.39, 0.29) is 28.3 Å². The van der Waals surface area contributed by atoms with Gasteiger partial charge in [0.15, 0.2) is 0 Å². The number of hydrogen-bond acceptors (Lipinski definition) is 3. The summed E-state index contributed by atoms with van der Waals surface area (Å²) >= 11 is 0. The Morgan fingerprint density at radius 2 is 1.83 bits per heavy atom. The van der Waals surface area contributed by atoms with E-state index in [1.54, 1.807) is 0 Å². The van der Waals surface area contributed by atoms with Crippen molar-refractivity contribution in [3.8, 4) is 0 Å². The summed E-state index contributed by atoms with van der Waals surface area (Å²) < 4.78 is 5.71. The lowest BCUT2D eigenvalue weighted by molar-refractivity contribution is -0.158. The number of ketones is 1. The van der Waals surface area contributed by atoms with Crippen molar-refractivity contribution in [3.63, 3.8) is 0 Å². The van der Waals surface area contributed by atoms with Gasteiger partial charge in [-0.1, -0.05) is 39.3 Å². The summed E-state index contributed by atoms with van der Waals surface area (Å²) in [6.45, 7) is 10.4. The maximum absolute atomic E-state index is 12.5. The Kier molecular flexibility index (Phi) is 3.77. The Bertz CT molecular complexity index is 573. The molecule has 0 radical (unpaired) electrons. The molecule has 0 spiro atoms. The number of carbonyl (C=O) groups excluding carboxylic acids is 2. The van der Waals surface area contributed by atoms with E-state index in [1.165, 1.54) is 12.5 Å². The molecule has 2 fully saturated rings. The van der Waals surface area contributed by atoms with Gasteiger partial charge < -0.3 is 4.74 Å². The minimum atomic E-state index is -0.246. The van der Waals surface area contributed by atoms with Crippen LogP contribution in [0.1, 0.15) is 73.1 Å². The Hall–Kier alpha value is -1.12. The van der Waals surface area contributed by atoms with Gasteiger partial charge in [0, 0.05) is 24.2 Å². The van der Waals surface area contributed by atoms with Gasteiger partial charge in [-0.3, -0.25) is 9.59 Å². The van der Waals surface area contributed by atoms with E-state index in [1.807, 2.05) is 0 Å². The van der Waals surface area contributed by atoms with Crippen LogP contribution in [0.5, 0.6) is 0 Å². The maximum Gasteiger partial charge on any atom is 0.302 e. The third-order valence-electron chi connectivity index (χ3n) is 7.21. The Balaban J connectivity index is 2.02. The van der Waals surface area contributed by atoms with Crippen LogP contribution in [-0.4, -0.2) is 17.9 Å². The number of ether oxygens (including phenoxy) is 1. The first-order chi connectivity index (χ1) is 10.6. The summed E-state index contributed by atoms with van der Waals surface area (Å²) in [5.41, 5.74) is 1.21. The topological polar surface area (TPSA) is 43.4 Å². The Morgan fingerprint density at radius 1 is 1.13 bits per heavy atom. The van der Waals surface area contributed by atoms with Crippen LogP contribution in [0, 0.1) is 22.2 Å². The fraction of sp³-hybridized carbons (Fsp3) is 0.800. The molecule has 0 heterocycles. The molecule has 0 saturated heterocycles. The number of esters is 1. The van der Waals surface area contributed by atoms with Crippen molar-refractivity contribution in [1.82, 2.24) is 0 Å². The molecule has 0 unspecified atom stereocenters. The number of Topliss-reactive ketones (excluding diaryl/α,β-unsaturated/α-hetero) is 1. The number of rotatable bonds is 1. The first-order valence-electron chi connectivity index (χ1n) is 9.04. The highest BCUT2D eigenvalue weighted by Crippen LogP contribution is 2.65. The second kappa shape index (κ2) is 5.19. The third-order valence-corrected chi connectivity index (χ3v) is 7.21. The highest BCUT2D eigenvalue weighted by molar-refractivity contribution is 5.85. The van der Waals surface area contributed by atoms with Crippen molar-refractivity contribution in [1.29, 1.82) is 0 Å². The Morgan fingerprint density at radius 3 is 2.48 bits per heavy atom. The van der Waals surface area contributed by atoms with Crippen LogP contribution in [0.25, 0.3) is 0 Å². The first kappa shape index (κ1) is 16.7. The van der Waals surface area contributed by atoms with Crippen LogP contribution in [0.3, 0.4) is 0 Å². The number of hydrogen-bond donors (Lipinski definition) is 0. The minimum absolute atomic E-state index is 0.0153. The number of allylic oxidation sites excluding steroid dienone is 1. The summed E-state index contributed by atoms with van der Waals surface area (Å²) in [6, 6.07) is 0. The van der Waals surface area contributed by atoms with E-state index in [0.717, 1.165) is 32.1 Å². The van der Waals surface area contributed by atoms with Gasteiger partial charge >= 0.3 is 5.97 Å². The van der Waals surface area contributed by atoms with Crippen LogP contribution in [-0.2, 0) is 14.3 Å². The monoisotopic (exact) mass is 318 g/mol. The predicted octanol–water partition coefficient (Wildman–Crippen LogP) is 4.45. The van der Waals surface area contributed by atoms with Crippen molar-refractivity contribution >= 4 is 11.8 Å². The Labute approximate surface area is 139 Å². The van der Waals surface area contributed by atoms with Crippen molar-refractivity contribution in [2.45, 2.75) is 79.2 Å². The second-order valence-electron chi connectivity index (χ2n) is 8.86. The largest absolute Gasteiger partial charge is 0.462 e. The fourth-order valence-corrected chi connectivity index (χ4v) is 5.98. The van der Waals surface area contributed by atoms with Crippen molar-refractivity contribution < 1.29 is 14.3 Å². The summed E-state index contributed by atoms with van der Waals surface area (Å²) in [5, 5.41) is 0. The lowest BCUT2D eigenvalue weighted by Crippen LogP contribution is -2.57. The molecule has 3 aliphatic rings. The highest BCUT2D eigenvalue weighted by Gasteiger charge is 2.60. The molecule has 0 amide bonds. The molecule has 3 nitrogen and oxygen atoms in total. The van der Waals surface area contributed by atoms with Gasteiger partial charge in [-0.2, -0.15) is 0 Å². The van der Waals surface area contributed by atoms with E-state index in [4.69, 9.17) is 4.74 Å². The zero-order valence-corrected chi connectivity index (χ0v) is 15.2. The van der Waals surface area contributed by atoms with E-state index in [0.29, 0.717) is 18.1 Å². The molecule has 3 heteroatoms.